The van der Waals surface area contributed by atoms with E-state index in [0.29, 0.717) is 6.61 Å². The number of rotatable bonds is 7. The summed E-state index contributed by atoms with van der Waals surface area (Å²) >= 11 is 4.66. The number of halogens is 1. The number of nitrogens with one attached hydrogen (secondary N) is 1. The van der Waals surface area contributed by atoms with Gasteiger partial charge in [0.1, 0.15) is 10.8 Å². The van der Waals surface area contributed by atoms with Gasteiger partial charge in [0, 0.05) is 18.7 Å². The minimum atomic E-state index is -3.73. The highest BCUT2D eigenvalue weighted by Gasteiger charge is 2.16. The van der Waals surface area contributed by atoms with Gasteiger partial charge in [0.25, 0.3) is 0 Å². The quantitative estimate of drug-likeness (QED) is 0.574. The molecule has 0 aliphatic heterocycles. The van der Waals surface area contributed by atoms with Crippen LogP contribution in [-0.4, -0.2) is 33.2 Å². The first-order valence-corrected chi connectivity index (χ1v) is 7.44. The Morgan fingerprint density at radius 3 is 2.79 bits per heavy atom. The molecule has 19 heavy (non-hydrogen) atoms. The fraction of sp³-hybridized carbons (Fsp3) is 0.364. The van der Waals surface area contributed by atoms with E-state index in [0.717, 1.165) is 18.2 Å². The SMILES string of the molecule is CCOCCNS(=O)(=O)c1ccc(F)c(C(N)=S)c1. The highest BCUT2D eigenvalue weighted by Crippen LogP contribution is 2.14. The van der Waals surface area contributed by atoms with Gasteiger partial charge >= 0.3 is 0 Å². The van der Waals surface area contributed by atoms with E-state index in [9.17, 15) is 12.8 Å². The van der Waals surface area contributed by atoms with E-state index in [2.05, 4.69) is 16.9 Å². The molecule has 1 aromatic carbocycles. The maximum atomic E-state index is 13.4. The number of benzene rings is 1. The summed E-state index contributed by atoms with van der Waals surface area (Å²) in [5.41, 5.74) is 5.23. The molecular formula is C11H15FN2O3S2. The zero-order valence-electron chi connectivity index (χ0n) is 10.3. The van der Waals surface area contributed by atoms with Crippen LogP contribution in [0.15, 0.2) is 23.1 Å². The second-order valence-electron chi connectivity index (χ2n) is 3.60. The van der Waals surface area contributed by atoms with Gasteiger partial charge in [0.15, 0.2) is 0 Å². The van der Waals surface area contributed by atoms with Gasteiger partial charge in [0.2, 0.25) is 10.0 Å². The Morgan fingerprint density at radius 1 is 1.53 bits per heavy atom. The highest BCUT2D eigenvalue weighted by molar-refractivity contribution is 7.89. The van der Waals surface area contributed by atoms with Crippen LogP contribution in [0.2, 0.25) is 0 Å². The van der Waals surface area contributed by atoms with Crippen molar-refractivity contribution in [2.45, 2.75) is 11.8 Å². The van der Waals surface area contributed by atoms with Crippen molar-refractivity contribution in [2.24, 2.45) is 5.73 Å². The molecule has 0 heterocycles. The van der Waals surface area contributed by atoms with Crippen molar-refractivity contribution >= 4 is 27.2 Å². The van der Waals surface area contributed by atoms with Crippen LogP contribution in [-0.2, 0) is 14.8 Å². The van der Waals surface area contributed by atoms with E-state index >= 15 is 0 Å². The molecule has 0 fully saturated rings. The van der Waals surface area contributed by atoms with Crippen molar-refractivity contribution < 1.29 is 17.5 Å². The monoisotopic (exact) mass is 306 g/mol. The number of hydrogen-bond acceptors (Lipinski definition) is 4. The fourth-order valence-corrected chi connectivity index (χ4v) is 2.53. The standard InChI is InChI=1S/C11H15FN2O3S2/c1-2-17-6-5-14-19(15,16)8-3-4-10(12)9(7-8)11(13)18/h3-4,7,14H,2,5-6H2,1H3,(H2,13,18). The smallest absolute Gasteiger partial charge is 0.240 e. The van der Waals surface area contributed by atoms with Crippen LogP contribution in [0.25, 0.3) is 0 Å². The van der Waals surface area contributed by atoms with Crippen molar-refractivity contribution in [1.29, 1.82) is 0 Å². The molecule has 0 radical (unpaired) electrons. The first kappa shape index (κ1) is 16.0. The molecule has 0 saturated carbocycles. The highest BCUT2D eigenvalue weighted by atomic mass is 32.2. The molecule has 0 aromatic heterocycles. The third-order valence-corrected chi connectivity index (χ3v) is 3.93. The lowest BCUT2D eigenvalue weighted by Crippen LogP contribution is -2.28. The van der Waals surface area contributed by atoms with Gasteiger partial charge in [-0.05, 0) is 25.1 Å². The fourth-order valence-electron chi connectivity index (χ4n) is 1.34. The molecule has 1 rings (SSSR count). The van der Waals surface area contributed by atoms with E-state index in [1.807, 2.05) is 6.92 Å². The summed E-state index contributed by atoms with van der Waals surface area (Å²) in [5.74, 6) is -0.652. The summed E-state index contributed by atoms with van der Waals surface area (Å²) in [6.07, 6.45) is 0. The van der Waals surface area contributed by atoms with E-state index in [1.54, 1.807) is 0 Å². The van der Waals surface area contributed by atoms with Crippen molar-refractivity contribution in [3.05, 3.63) is 29.6 Å². The summed E-state index contributed by atoms with van der Waals surface area (Å²) in [6, 6.07) is 3.28. The third kappa shape index (κ3) is 4.50. The molecule has 0 bridgehead atoms. The molecule has 0 aliphatic rings. The Kier molecular flexibility index (Phi) is 5.80. The molecule has 0 saturated heterocycles. The number of hydrogen-bond donors (Lipinski definition) is 2. The van der Waals surface area contributed by atoms with E-state index < -0.39 is 15.8 Å². The molecule has 5 nitrogen and oxygen atoms in total. The van der Waals surface area contributed by atoms with Crippen molar-refractivity contribution in [3.8, 4) is 0 Å². The molecule has 0 unspecified atom stereocenters. The van der Waals surface area contributed by atoms with Gasteiger partial charge < -0.3 is 10.5 Å². The van der Waals surface area contributed by atoms with Crippen molar-refractivity contribution in [1.82, 2.24) is 4.72 Å². The number of thiocarbonyl (C=S) groups is 1. The van der Waals surface area contributed by atoms with Gasteiger partial charge in [-0.1, -0.05) is 12.2 Å². The molecule has 0 amide bonds. The first-order valence-electron chi connectivity index (χ1n) is 5.55. The minimum absolute atomic E-state index is 0.0896. The summed E-state index contributed by atoms with van der Waals surface area (Å²) in [5, 5.41) is 0. The topological polar surface area (TPSA) is 81.4 Å². The van der Waals surface area contributed by atoms with E-state index in [-0.39, 0.29) is 28.6 Å². The van der Waals surface area contributed by atoms with Crippen LogP contribution in [0.5, 0.6) is 0 Å². The van der Waals surface area contributed by atoms with Gasteiger partial charge in [-0.2, -0.15) is 0 Å². The Morgan fingerprint density at radius 2 is 2.21 bits per heavy atom. The lowest BCUT2D eigenvalue weighted by molar-refractivity contribution is 0.153. The Labute approximate surface area is 117 Å². The summed E-state index contributed by atoms with van der Waals surface area (Å²) < 4.78 is 44.5. The van der Waals surface area contributed by atoms with Crippen molar-refractivity contribution in [3.63, 3.8) is 0 Å². The van der Waals surface area contributed by atoms with E-state index in [1.165, 1.54) is 0 Å². The Balaban J connectivity index is 2.89. The molecule has 0 spiro atoms. The number of nitrogens with two attached hydrogens (primary N) is 1. The molecule has 0 aliphatic carbocycles. The van der Waals surface area contributed by atoms with Crippen LogP contribution in [0, 0.1) is 5.82 Å². The van der Waals surface area contributed by atoms with Crippen LogP contribution in [0.3, 0.4) is 0 Å². The molecular weight excluding hydrogens is 291 g/mol. The zero-order valence-corrected chi connectivity index (χ0v) is 12.0. The van der Waals surface area contributed by atoms with Crippen LogP contribution in [0.1, 0.15) is 12.5 Å². The maximum Gasteiger partial charge on any atom is 0.240 e. The molecule has 1 aromatic rings. The Bertz CT molecular complexity index is 561. The average molecular weight is 306 g/mol. The van der Waals surface area contributed by atoms with Crippen LogP contribution < -0.4 is 10.5 Å². The van der Waals surface area contributed by atoms with Crippen LogP contribution in [0.4, 0.5) is 4.39 Å². The lowest BCUT2D eigenvalue weighted by atomic mass is 10.2. The van der Waals surface area contributed by atoms with E-state index in [4.69, 9.17) is 10.5 Å². The van der Waals surface area contributed by atoms with Gasteiger partial charge in [-0.15, -0.1) is 0 Å². The molecule has 8 heteroatoms. The third-order valence-electron chi connectivity index (χ3n) is 2.26. The summed E-state index contributed by atoms with van der Waals surface area (Å²) in [4.78, 5) is -0.280. The molecule has 106 valence electrons. The largest absolute Gasteiger partial charge is 0.389 e. The second kappa shape index (κ2) is 6.90. The first-order chi connectivity index (χ1) is 8.88. The molecule has 3 N–H and O–H groups in total. The second-order valence-corrected chi connectivity index (χ2v) is 5.81. The van der Waals surface area contributed by atoms with Gasteiger partial charge in [-0.3, -0.25) is 0 Å². The predicted molar refractivity (Wildman–Crippen MR) is 74.0 cm³/mol. The number of sulfonamides is 1. The zero-order chi connectivity index (χ0) is 14.5. The lowest BCUT2D eigenvalue weighted by Gasteiger charge is -2.08. The minimum Gasteiger partial charge on any atom is -0.389 e. The maximum absolute atomic E-state index is 13.4. The number of ether oxygens (including phenoxy) is 1. The van der Waals surface area contributed by atoms with Gasteiger partial charge in [-0.25, -0.2) is 17.5 Å². The van der Waals surface area contributed by atoms with Crippen LogP contribution >= 0.6 is 12.2 Å². The predicted octanol–water partition coefficient (Wildman–Crippen LogP) is 0.775. The summed E-state index contributed by atoms with van der Waals surface area (Å²) in [6.45, 7) is 2.71. The Hall–Kier alpha value is -1.09. The summed E-state index contributed by atoms with van der Waals surface area (Å²) in [7, 11) is -3.73. The average Bonchev–Trinajstić information content (AvgIpc) is 2.34. The van der Waals surface area contributed by atoms with Crippen molar-refractivity contribution in [2.75, 3.05) is 19.8 Å². The molecule has 0 atom stereocenters. The van der Waals surface area contributed by atoms with Gasteiger partial charge in [0.05, 0.1) is 11.5 Å². The normalized spacial score (nSPS) is 11.5.